The van der Waals surface area contributed by atoms with Gasteiger partial charge in [0.15, 0.2) is 11.5 Å². The summed E-state index contributed by atoms with van der Waals surface area (Å²) in [6, 6.07) is 15.1. The van der Waals surface area contributed by atoms with Crippen LogP contribution in [0.15, 0.2) is 80.6 Å². The molecular formula is C46H43ClN8O8S. The average Bonchev–Trinajstić information content (AvgIpc) is 3.95. The predicted octanol–water partition coefficient (Wildman–Crippen LogP) is 5.77. The van der Waals surface area contributed by atoms with E-state index in [1.165, 1.54) is 33.1 Å². The lowest BCUT2D eigenvalue weighted by Gasteiger charge is -2.47. The fourth-order valence-electron chi connectivity index (χ4n) is 10.3. The molecule has 0 radical (unpaired) electrons. The fourth-order valence-corrected chi connectivity index (χ4v) is 11.6. The lowest BCUT2D eigenvalue weighted by Crippen LogP contribution is -2.49. The molecule has 2 aliphatic heterocycles. The Morgan fingerprint density at radius 3 is 2.44 bits per heavy atom. The molecule has 18 heteroatoms. The standard InChI is InChI=1S/C46H43ClN8O8S/c1-22-16-24(8-10-34(22)56)39-26-12-15-53-44(60)52(14-13-29-42(58)50(4)33-21-36(63-7)35(62-6)19-30(33)48-29)45(61)55(53)32(26)18-28-41(57)54(43(59)46(28,39)3)38-20-31(49-51(38)5)40-23(2)27-17-25(47)9-11-37(27)64-40/h8-12,16-17,19-21,28,32,39,56H,13-15,18H2,1-7H3. The van der Waals surface area contributed by atoms with Crippen LogP contribution in [0.4, 0.5) is 5.82 Å². The summed E-state index contributed by atoms with van der Waals surface area (Å²) in [6.45, 7) is 5.44. The Labute approximate surface area is 373 Å². The van der Waals surface area contributed by atoms with Gasteiger partial charge in [-0.2, -0.15) is 5.10 Å². The number of halogens is 1. The Kier molecular flexibility index (Phi) is 9.47. The van der Waals surface area contributed by atoms with Gasteiger partial charge in [-0.3, -0.25) is 19.1 Å². The number of rotatable bonds is 8. The molecule has 2 amide bonds. The van der Waals surface area contributed by atoms with Gasteiger partial charge in [-0.25, -0.2) is 33.4 Å². The molecule has 2 fully saturated rings. The second kappa shape index (κ2) is 14.7. The third-order valence-electron chi connectivity index (χ3n) is 13.6. The molecule has 3 aliphatic rings. The molecule has 10 rings (SSSR count). The van der Waals surface area contributed by atoms with Crippen molar-refractivity contribution in [2.24, 2.45) is 25.4 Å². The number of phenols is 1. The highest BCUT2D eigenvalue weighted by Crippen LogP contribution is 2.61. The highest BCUT2D eigenvalue weighted by molar-refractivity contribution is 7.22. The number of aromatic nitrogens is 7. The molecule has 0 spiro atoms. The van der Waals surface area contributed by atoms with Gasteiger partial charge in [-0.15, -0.1) is 11.3 Å². The smallest absolute Gasteiger partial charge is 0.347 e. The molecule has 4 unspecified atom stereocenters. The van der Waals surface area contributed by atoms with Gasteiger partial charge in [0.25, 0.3) is 5.56 Å². The summed E-state index contributed by atoms with van der Waals surface area (Å²) in [7, 11) is 6.31. The maximum Gasteiger partial charge on any atom is 0.347 e. The second-order valence-electron chi connectivity index (χ2n) is 17.0. The van der Waals surface area contributed by atoms with E-state index in [9.17, 15) is 19.5 Å². The monoisotopic (exact) mass is 902 g/mol. The quantitative estimate of drug-likeness (QED) is 0.145. The van der Waals surface area contributed by atoms with Crippen LogP contribution in [0.25, 0.3) is 31.7 Å². The van der Waals surface area contributed by atoms with Crippen molar-refractivity contribution in [3.8, 4) is 27.8 Å². The van der Waals surface area contributed by atoms with Crippen LogP contribution in [0.3, 0.4) is 0 Å². The van der Waals surface area contributed by atoms with Crippen molar-refractivity contribution >= 4 is 61.7 Å². The van der Waals surface area contributed by atoms with E-state index in [-0.39, 0.29) is 37.4 Å². The maximum absolute atomic E-state index is 15.2. The molecular weight excluding hydrogens is 860 g/mol. The van der Waals surface area contributed by atoms with E-state index in [1.807, 2.05) is 37.3 Å². The number of anilines is 1. The molecule has 1 aliphatic carbocycles. The van der Waals surface area contributed by atoms with Crippen LogP contribution in [0, 0.1) is 25.2 Å². The maximum atomic E-state index is 15.2. The van der Waals surface area contributed by atoms with Crippen molar-refractivity contribution in [3.05, 3.63) is 125 Å². The Morgan fingerprint density at radius 1 is 0.953 bits per heavy atom. The largest absolute Gasteiger partial charge is 0.508 e. The minimum Gasteiger partial charge on any atom is -0.508 e. The summed E-state index contributed by atoms with van der Waals surface area (Å²) >= 11 is 7.89. The number of ether oxygens (including phenoxy) is 2. The van der Waals surface area contributed by atoms with Gasteiger partial charge in [0.05, 0.1) is 54.0 Å². The Morgan fingerprint density at radius 2 is 1.70 bits per heavy atom. The molecule has 1 N–H and O–H groups in total. The summed E-state index contributed by atoms with van der Waals surface area (Å²) < 4.78 is 18.7. The molecule has 4 atom stereocenters. The Bertz CT molecular complexity index is 3410. The van der Waals surface area contributed by atoms with Gasteiger partial charge in [-0.05, 0) is 79.1 Å². The van der Waals surface area contributed by atoms with Gasteiger partial charge in [0, 0.05) is 60.9 Å². The number of thiophene rings is 1. The minimum atomic E-state index is -1.33. The number of carbonyl (C=O) groups is 2. The van der Waals surface area contributed by atoms with E-state index < -0.39 is 52.0 Å². The molecule has 1 saturated carbocycles. The van der Waals surface area contributed by atoms with Gasteiger partial charge < -0.3 is 19.1 Å². The third kappa shape index (κ3) is 5.82. The highest BCUT2D eigenvalue weighted by Gasteiger charge is 2.66. The van der Waals surface area contributed by atoms with Crippen LogP contribution in [-0.2, 0) is 43.2 Å². The average molecular weight is 903 g/mol. The van der Waals surface area contributed by atoms with Crippen molar-refractivity contribution in [1.29, 1.82) is 0 Å². The summed E-state index contributed by atoms with van der Waals surface area (Å²) in [4.78, 5) is 79.3. The number of carbonyl (C=O) groups excluding carboxylic acids is 2. The number of methoxy groups -OCH3 is 2. The molecule has 64 heavy (non-hydrogen) atoms. The van der Waals surface area contributed by atoms with Gasteiger partial charge in [0.2, 0.25) is 11.8 Å². The SMILES string of the molecule is COc1cc2nc(CCn3c(=O)n4n(c3=O)C3CC5C(=O)N(c6cc(-c7sc8ccc(Cl)cc8c7C)nn6C)C(=O)C5(C)C(c5ccc(O)c(C)c5)C3=CC4)c(=O)n(C)c2cc1OC. The summed E-state index contributed by atoms with van der Waals surface area (Å²) in [5.74, 6) is -1.27. The topological polar surface area (TPSA) is 178 Å². The molecule has 3 aromatic carbocycles. The zero-order valence-corrected chi connectivity index (χ0v) is 37.6. The molecule has 1 saturated heterocycles. The summed E-state index contributed by atoms with van der Waals surface area (Å²) in [5.41, 5.74) is 1.78. The third-order valence-corrected chi connectivity index (χ3v) is 15.1. The molecule has 4 aromatic heterocycles. The van der Waals surface area contributed by atoms with Gasteiger partial charge in [0.1, 0.15) is 23.0 Å². The predicted molar refractivity (Wildman–Crippen MR) is 242 cm³/mol. The van der Waals surface area contributed by atoms with Crippen molar-refractivity contribution in [3.63, 3.8) is 0 Å². The minimum absolute atomic E-state index is 0.0233. The highest BCUT2D eigenvalue weighted by atomic mass is 35.5. The molecule has 16 nitrogen and oxygen atoms in total. The van der Waals surface area contributed by atoms with Crippen LogP contribution >= 0.6 is 22.9 Å². The molecule has 328 valence electrons. The lowest BCUT2D eigenvalue weighted by atomic mass is 9.56. The fraction of sp³-hybridized carbons (Fsp3) is 0.326. The van der Waals surface area contributed by atoms with Crippen LogP contribution in [0.2, 0.25) is 5.02 Å². The number of nitrogens with zero attached hydrogens (tertiary/aromatic N) is 8. The number of hydrogen-bond acceptors (Lipinski definition) is 11. The van der Waals surface area contributed by atoms with Crippen molar-refractivity contribution in [2.45, 2.75) is 58.7 Å². The number of phenolic OH excluding ortho intramolecular Hbond substituents is 1. The molecule has 7 aromatic rings. The summed E-state index contributed by atoms with van der Waals surface area (Å²) in [5, 5.41) is 17.0. The van der Waals surface area contributed by atoms with Crippen molar-refractivity contribution in [2.75, 3.05) is 19.1 Å². The number of allylic oxidation sites excluding steroid dienone is 2. The van der Waals surface area contributed by atoms with E-state index in [4.69, 9.17) is 26.2 Å². The van der Waals surface area contributed by atoms with Gasteiger partial charge in [-0.1, -0.05) is 29.8 Å². The van der Waals surface area contributed by atoms with E-state index in [0.29, 0.717) is 55.8 Å². The van der Waals surface area contributed by atoms with Crippen LogP contribution < -0.4 is 31.3 Å². The molecule has 6 heterocycles. The number of aryl methyl sites for hydroxylation is 5. The zero-order chi connectivity index (χ0) is 45.3. The lowest BCUT2D eigenvalue weighted by molar-refractivity contribution is -0.129. The van der Waals surface area contributed by atoms with E-state index >= 15 is 9.59 Å². The van der Waals surface area contributed by atoms with Crippen LogP contribution in [0.1, 0.15) is 47.7 Å². The van der Waals surface area contributed by atoms with Crippen molar-refractivity contribution < 1.29 is 24.2 Å². The first-order chi connectivity index (χ1) is 30.6. The summed E-state index contributed by atoms with van der Waals surface area (Å²) in [6.07, 6.45) is 1.91. The number of imide groups is 1. The zero-order valence-electron chi connectivity index (χ0n) is 36.0. The van der Waals surface area contributed by atoms with Gasteiger partial charge >= 0.3 is 11.4 Å². The first-order valence-electron chi connectivity index (χ1n) is 20.7. The van der Waals surface area contributed by atoms with E-state index in [0.717, 1.165) is 25.1 Å². The van der Waals surface area contributed by atoms with E-state index in [2.05, 4.69) is 4.98 Å². The second-order valence-corrected chi connectivity index (χ2v) is 18.5. The molecule has 0 bridgehead atoms. The van der Waals surface area contributed by atoms with E-state index in [1.54, 1.807) is 74.3 Å². The number of hydrogen-bond donors (Lipinski definition) is 1. The Hall–Kier alpha value is -6.72. The van der Waals surface area contributed by atoms with Crippen LogP contribution in [0.5, 0.6) is 17.2 Å². The number of aromatic hydroxyl groups is 1. The number of amides is 2. The number of benzene rings is 3. The normalized spacial score (nSPS) is 20.5. The number of fused-ring (bicyclic) bond motifs is 6. The first-order valence-corrected chi connectivity index (χ1v) is 21.9. The van der Waals surface area contributed by atoms with Crippen LogP contribution in [-0.4, -0.2) is 64.4 Å². The van der Waals surface area contributed by atoms with Crippen molar-refractivity contribution in [1.82, 2.24) is 33.3 Å². The first kappa shape index (κ1) is 41.3. The Balaban J connectivity index is 1.04.